The van der Waals surface area contributed by atoms with Crippen LogP contribution in [0.25, 0.3) is 0 Å². The number of para-hydroxylation sites is 1. The van der Waals surface area contributed by atoms with Crippen molar-refractivity contribution >= 4 is 11.5 Å². The second-order valence-electron chi connectivity index (χ2n) is 3.05. The molecule has 0 aliphatic heterocycles. The Labute approximate surface area is 84.0 Å². The van der Waals surface area contributed by atoms with Gasteiger partial charge >= 0.3 is 0 Å². The van der Waals surface area contributed by atoms with Crippen LogP contribution in [0.2, 0.25) is 0 Å². The number of hydrogen-bond acceptors (Lipinski definition) is 3. The van der Waals surface area contributed by atoms with Crippen LogP contribution in [0.3, 0.4) is 0 Å². The molecule has 0 bridgehead atoms. The van der Waals surface area contributed by atoms with Gasteiger partial charge in [0.1, 0.15) is 6.61 Å². The van der Waals surface area contributed by atoms with Gasteiger partial charge in [-0.15, -0.1) is 0 Å². The lowest BCUT2D eigenvalue weighted by Crippen LogP contribution is -2.11. The number of Topliss-reactive ketones (excluding diaryl/α,β-unsaturated/α-hetero) is 1. The van der Waals surface area contributed by atoms with Gasteiger partial charge in [-0.1, -0.05) is 25.1 Å². The van der Waals surface area contributed by atoms with Gasteiger partial charge in [0.05, 0.1) is 5.69 Å². The van der Waals surface area contributed by atoms with Gasteiger partial charge in [-0.05, 0) is 18.6 Å². The van der Waals surface area contributed by atoms with Crippen LogP contribution in [0.15, 0.2) is 30.3 Å². The molecule has 0 aliphatic carbocycles. The number of rotatable bonds is 6. The molecule has 1 aromatic rings. The van der Waals surface area contributed by atoms with Gasteiger partial charge in [0, 0.05) is 6.42 Å². The summed E-state index contributed by atoms with van der Waals surface area (Å²) in [6.45, 7) is 2.10. The van der Waals surface area contributed by atoms with E-state index in [0.29, 0.717) is 6.42 Å². The lowest BCUT2D eigenvalue weighted by Gasteiger charge is -2.05. The molecule has 0 spiro atoms. The molecule has 0 atom stereocenters. The molecular weight excluding hydrogens is 178 g/mol. The molecule has 14 heavy (non-hydrogen) atoms. The monoisotopic (exact) mass is 193 g/mol. The second kappa shape index (κ2) is 6.16. The van der Waals surface area contributed by atoms with E-state index in [0.717, 1.165) is 12.1 Å². The molecule has 0 aromatic heterocycles. The number of benzene rings is 1. The van der Waals surface area contributed by atoms with E-state index < -0.39 is 0 Å². The fourth-order valence-electron chi connectivity index (χ4n) is 1.06. The van der Waals surface area contributed by atoms with Gasteiger partial charge < -0.3 is 0 Å². The number of carbonyl (C=O) groups is 1. The molecule has 0 aliphatic rings. The van der Waals surface area contributed by atoms with Gasteiger partial charge in [-0.25, -0.2) is 0 Å². The third-order valence-corrected chi connectivity index (χ3v) is 1.73. The Morgan fingerprint density at radius 3 is 2.71 bits per heavy atom. The average Bonchev–Trinajstić information content (AvgIpc) is 2.20. The second-order valence-corrected chi connectivity index (χ2v) is 3.05. The van der Waals surface area contributed by atoms with Crippen molar-refractivity contribution in [1.29, 1.82) is 0 Å². The van der Waals surface area contributed by atoms with Crippen molar-refractivity contribution < 1.29 is 9.63 Å². The van der Waals surface area contributed by atoms with Gasteiger partial charge in [-0.3, -0.25) is 15.1 Å². The Bertz CT molecular complexity index is 272. The molecule has 0 saturated heterocycles. The Morgan fingerprint density at radius 2 is 2.07 bits per heavy atom. The van der Waals surface area contributed by atoms with Crippen LogP contribution in [0.1, 0.15) is 19.8 Å². The maximum Gasteiger partial charge on any atom is 0.161 e. The first-order valence-electron chi connectivity index (χ1n) is 4.77. The number of anilines is 1. The smallest absolute Gasteiger partial charge is 0.161 e. The summed E-state index contributed by atoms with van der Waals surface area (Å²) in [7, 11) is 0. The zero-order valence-corrected chi connectivity index (χ0v) is 8.32. The average molecular weight is 193 g/mol. The van der Waals surface area contributed by atoms with Gasteiger partial charge in [0.15, 0.2) is 5.78 Å². The van der Waals surface area contributed by atoms with Crippen LogP contribution >= 0.6 is 0 Å². The Morgan fingerprint density at radius 1 is 1.36 bits per heavy atom. The summed E-state index contributed by atoms with van der Waals surface area (Å²) < 4.78 is 0. The third kappa shape index (κ3) is 4.05. The highest BCUT2D eigenvalue weighted by Crippen LogP contribution is 2.04. The van der Waals surface area contributed by atoms with Crippen molar-refractivity contribution in [3.8, 4) is 0 Å². The summed E-state index contributed by atoms with van der Waals surface area (Å²) in [5, 5.41) is 0. The van der Waals surface area contributed by atoms with E-state index in [-0.39, 0.29) is 12.4 Å². The largest absolute Gasteiger partial charge is 0.297 e. The summed E-state index contributed by atoms with van der Waals surface area (Å²) in [5.74, 6) is 0.121. The molecule has 1 aromatic carbocycles. The van der Waals surface area contributed by atoms with Crippen LogP contribution in [0, 0.1) is 0 Å². The Hall–Kier alpha value is -1.35. The maximum absolute atomic E-state index is 11.1. The molecule has 0 amide bonds. The minimum atomic E-state index is 0.121. The molecule has 1 N–H and O–H groups in total. The van der Waals surface area contributed by atoms with E-state index in [1.54, 1.807) is 0 Å². The maximum atomic E-state index is 11.1. The number of nitrogens with one attached hydrogen (secondary N) is 1. The van der Waals surface area contributed by atoms with Crippen LogP contribution in [0.4, 0.5) is 5.69 Å². The first kappa shape index (κ1) is 10.7. The summed E-state index contributed by atoms with van der Waals surface area (Å²) in [5.41, 5.74) is 3.57. The van der Waals surface area contributed by atoms with E-state index >= 15 is 0 Å². The fraction of sp³-hybridized carbons (Fsp3) is 0.364. The number of carbonyl (C=O) groups excluding carboxylic acids is 1. The summed E-state index contributed by atoms with van der Waals surface area (Å²) in [6.07, 6.45) is 1.45. The van der Waals surface area contributed by atoms with E-state index in [2.05, 4.69) is 5.48 Å². The molecular formula is C11H15NO2. The topological polar surface area (TPSA) is 38.3 Å². The van der Waals surface area contributed by atoms with E-state index in [4.69, 9.17) is 4.84 Å². The SMILES string of the molecule is CCCC(=O)CONc1ccccc1. The highest BCUT2D eigenvalue weighted by atomic mass is 16.6. The van der Waals surface area contributed by atoms with Crippen molar-refractivity contribution in [3.05, 3.63) is 30.3 Å². The minimum Gasteiger partial charge on any atom is -0.297 e. The zero-order chi connectivity index (χ0) is 10.2. The fourth-order valence-corrected chi connectivity index (χ4v) is 1.06. The Balaban J connectivity index is 2.19. The summed E-state index contributed by atoms with van der Waals surface area (Å²) >= 11 is 0. The highest BCUT2D eigenvalue weighted by Gasteiger charge is 1.99. The van der Waals surface area contributed by atoms with E-state index in [1.807, 2.05) is 37.3 Å². The van der Waals surface area contributed by atoms with Gasteiger partial charge in [-0.2, -0.15) is 0 Å². The lowest BCUT2D eigenvalue weighted by molar-refractivity contribution is -0.122. The third-order valence-electron chi connectivity index (χ3n) is 1.73. The quantitative estimate of drug-likeness (QED) is 0.705. The van der Waals surface area contributed by atoms with Crippen molar-refractivity contribution in [2.75, 3.05) is 12.1 Å². The minimum absolute atomic E-state index is 0.121. The zero-order valence-electron chi connectivity index (χ0n) is 8.32. The molecule has 1 rings (SSSR count). The summed E-state index contributed by atoms with van der Waals surface area (Å²) in [4.78, 5) is 16.1. The van der Waals surface area contributed by atoms with E-state index in [9.17, 15) is 4.79 Å². The van der Waals surface area contributed by atoms with Crippen molar-refractivity contribution in [1.82, 2.24) is 0 Å². The highest BCUT2D eigenvalue weighted by molar-refractivity contribution is 5.79. The first-order valence-corrected chi connectivity index (χ1v) is 4.77. The van der Waals surface area contributed by atoms with Crippen molar-refractivity contribution in [2.45, 2.75) is 19.8 Å². The van der Waals surface area contributed by atoms with Crippen LogP contribution in [-0.2, 0) is 9.63 Å². The number of hydrogen-bond donors (Lipinski definition) is 1. The normalized spacial score (nSPS) is 9.79. The lowest BCUT2D eigenvalue weighted by atomic mass is 10.2. The molecule has 76 valence electrons. The number of ketones is 1. The van der Waals surface area contributed by atoms with E-state index in [1.165, 1.54) is 0 Å². The molecule has 0 radical (unpaired) electrons. The van der Waals surface area contributed by atoms with Crippen LogP contribution < -0.4 is 5.48 Å². The Kier molecular flexibility index (Phi) is 4.72. The predicted molar refractivity (Wildman–Crippen MR) is 55.9 cm³/mol. The molecule has 0 fully saturated rings. The molecule has 3 nitrogen and oxygen atoms in total. The van der Waals surface area contributed by atoms with Crippen molar-refractivity contribution in [3.63, 3.8) is 0 Å². The predicted octanol–water partition coefficient (Wildman–Crippen LogP) is 2.40. The van der Waals surface area contributed by atoms with Crippen LogP contribution in [0.5, 0.6) is 0 Å². The van der Waals surface area contributed by atoms with Gasteiger partial charge in [0.25, 0.3) is 0 Å². The molecule has 3 heteroatoms. The van der Waals surface area contributed by atoms with Crippen molar-refractivity contribution in [2.24, 2.45) is 0 Å². The summed E-state index contributed by atoms with van der Waals surface area (Å²) in [6, 6.07) is 9.49. The molecule has 0 saturated carbocycles. The molecule has 0 heterocycles. The van der Waals surface area contributed by atoms with Crippen LogP contribution in [-0.4, -0.2) is 12.4 Å². The standard InChI is InChI=1S/C11H15NO2/c1-2-6-11(13)9-14-12-10-7-4-3-5-8-10/h3-5,7-8,12H,2,6,9H2,1H3. The first-order chi connectivity index (χ1) is 6.83. The molecule has 0 unspecified atom stereocenters. The van der Waals surface area contributed by atoms with Gasteiger partial charge in [0.2, 0.25) is 0 Å².